The molecule has 2 aromatic carbocycles. The van der Waals surface area contributed by atoms with Gasteiger partial charge in [-0.2, -0.15) is 13.2 Å². The van der Waals surface area contributed by atoms with Gasteiger partial charge in [0.1, 0.15) is 0 Å². The van der Waals surface area contributed by atoms with Crippen LogP contribution in [0.3, 0.4) is 0 Å². The topological polar surface area (TPSA) is 58.2 Å². The normalized spacial score (nSPS) is 11.0. The van der Waals surface area contributed by atoms with Crippen molar-refractivity contribution in [1.29, 1.82) is 0 Å². The molecule has 0 saturated carbocycles. The van der Waals surface area contributed by atoms with Crippen LogP contribution in [0.4, 0.5) is 18.9 Å². The molecule has 2 rings (SSSR count). The standard InChI is InChI=1S/C17H14ClF3N2O2/c18-13-7-6-12(17(19,20)21)10-14(13)23-16(25)15(24)22-9-8-11-4-2-1-3-5-11/h1-7,10H,8-9H2,(H,22,24)(H,23,25). The smallest absolute Gasteiger partial charge is 0.347 e. The quantitative estimate of drug-likeness (QED) is 0.807. The lowest BCUT2D eigenvalue weighted by Gasteiger charge is -2.11. The van der Waals surface area contributed by atoms with Crippen LogP contribution in [-0.2, 0) is 22.2 Å². The van der Waals surface area contributed by atoms with Crippen molar-refractivity contribution in [2.45, 2.75) is 12.6 Å². The summed E-state index contributed by atoms with van der Waals surface area (Å²) in [6, 6.07) is 11.8. The van der Waals surface area contributed by atoms with Gasteiger partial charge in [-0.05, 0) is 30.2 Å². The highest BCUT2D eigenvalue weighted by Gasteiger charge is 2.31. The molecule has 0 unspecified atom stereocenters. The van der Waals surface area contributed by atoms with Crippen LogP contribution in [0.25, 0.3) is 0 Å². The Morgan fingerprint density at radius 2 is 1.68 bits per heavy atom. The molecule has 2 amide bonds. The van der Waals surface area contributed by atoms with Gasteiger partial charge in [-0.1, -0.05) is 41.9 Å². The van der Waals surface area contributed by atoms with Gasteiger partial charge in [0.25, 0.3) is 0 Å². The third kappa shape index (κ3) is 5.49. The van der Waals surface area contributed by atoms with Crippen LogP contribution in [0.1, 0.15) is 11.1 Å². The Hall–Kier alpha value is -2.54. The zero-order valence-electron chi connectivity index (χ0n) is 12.9. The summed E-state index contributed by atoms with van der Waals surface area (Å²) in [5.41, 5.74) is -0.277. The molecule has 0 aliphatic carbocycles. The van der Waals surface area contributed by atoms with E-state index >= 15 is 0 Å². The molecule has 8 heteroatoms. The first kappa shape index (κ1) is 18.8. The van der Waals surface area contributed by atoms with Crippen molar-refractivity contribution in [1.82, 2.24) is 5.32 Å². The summed E-state index contributed by atoms with van der Waals surface area (Å²) in [6.07, 6.45) is -4.06. The number of anilines is 1. The summed E-state index contributed by atoms with van der Waals surface area (Å²) in [4.78, 5) is 23.5. The molecule has 0 radical (unpaired) electrons. The molecule has 25 heavy (non-hydrogen) atoms. The molecule has 2 aromatic rings. The number of carbonyl (C=O) groups excluding carboxylic acids is 2. The molecule has 0 spiro atoms. The largest absolute Gasteiger partial charge is 0.416 e. The van der Waals surface area contributed by atoms with Crippen molar-refractivity contribution in [3.63, 3.8) is 0 Å². The highest BCUT2D eigenvalue weighted by molar-refractivity contribution is 6.41. The van der Waals surface area contributed by atoms with Gasteiger partial charge in [-0.15, -0.1) is 0 Å². The number of amides is 2. The average Bonchev–Trinajstić information content (AvgIpc) is 2.56. The van der Waals surface area contributed by atoms with Crippen molar-refractivity contribution >= 4 is 29.1 Å². The van der Waals surface area contributed by atoms with E-state index in [9.17, 15) is 22.8 Å². The minimum Gasteiger partial charge on any atom is -0.347 e. The van der Waals surface area contributed by atoms with Gasteiger partial charge in [0, 0.05) is 6.54 Å². The van der Waals surface area contributed by atoms with E-state index in [-0.39, 0.29) is 17.3 Å². The number of benzene rings is 2. The first-order valence-corrected chi connectivity index (χ1v) is 7.65. The second kappa shape index (κ2) is 8.02. The van der Waals surface area contributed by atoms with Crippen LogP contribution in [0.5, 0.6) is 0 Å². The number of hydrogen-bond acceptors (Lipinski definition) is 2. The Morgan fingerprint density at radius 3 is 2.32 bits per heavy atom. The van der Waals surface area contributed by atoms with E-state index in [2.05, 4.69) is 10.6 Å². The average molecular weight is 371 g/mol. The van der Waals surface area contributed by atoms with Crippen molar-refractivity contribution < 1.29 is 22.8 Å². The summed E-state index contributed by atoms with van der Waals surface area (Å²) in [6.45, 7) is 0.215. The van der Waals surface area contributed by atoms with Gasteiger partial charge < -0.3 is 10.6 Å². The second-order valence-electron chi connectivity index (χ2n) is 5.14. The van der Waals surface area contributed by atoms with E-state index in [1.165, 1.54) is 0 Å². The van der Waals surface area contributed by atoms with Crippen molar-refractivity contribution in [3.05, 3.63) is 64.7 Å². The van der Waals surface area contributed by atoms with Gasteiger partial charge >= 0.3 is 18.0 Å². The van der Waals surface area contributed by atoms with Crippen molar-refractivity contribution in [2.75, 3.05) is 11.9 Å². The van der Waals surface area contributed by atoms with Gasteiger partial charge in [-0.3, -0.25) is 9.59 Å². The van der Waals surface area contributed by atoms with Gasteiger partial charge in [0.2, 0.25) is 0 Å². The third-order valence-electron chi connectivity index (χ3n) is 3.29. The maximum absolute atomic E-state index is 12.7. The number of hydrogen-bond donors (Lipinski definition) is 2. The van der Waals surface area contributed by atoms with E-state index in [4.69, 9.17) is 11.6 Å². The SMILES string of the molecule is O=C(NCCc1ccccc1)C(=O)Nc1cc(C(F)(F)F)ccc1Cl. The highest BCUT2D eigenvalue weighted by Crippen LogP contribution is 2.33. The molecule has 0 aliphatic heterocycles. The molecule has 0 aliphatic rings. The molecule has 0 saturated heterocycles. The minimum absolute atomic E-state index is 0.0987. The van der Waals surface area contributed by atoms with E-state index < -0.39 is 23.6 Å². The van der Waals surface area contributed by atoms with E-state index in [0.29, 0.717) is 12.5 Å². The van der Waals surface area contributed by atoms with Crippen LogP contribution in [0, 0.1) is 0 Å². The highest BCUT2D eigenvalue weighted by atomic mass is 35.5. The maximum Gasteiger partial charge on any atom is 0.416 e. The van der Waals surface area contributed by atoms with Crippen LogP contribution in [0.15, 0.2) is 48.5 Å². The summed E-state index contributed by atoms with van der Waals surface area (Å²) >= 11 is 5.77. The monoisotopic (exact) mass is 370 g/mol. The van der Waals surface area contributed by atoms with Gasteiger partial charge in [0.15, 0.2) is 0 Å². The lowest BCUT2D eigenvalue weighted by molar-refractivity contribution is -0.137. The summed E-state index contributed by atoms with van der Waals surface area (Å²) in [7, 11) is 0. The number of rotatable bonds is 4. The second-order valence-corrected chi connectivity index (χ2v) is 5.55. The fourth-order valence-corrected chi connectivity index (χ4v) is 2.19. The van der Waals surface area contributed by atoms with Crippen LogP contribution in [-0.4, -0.2) is 18.4 Å². The number of nitrogens with one attached hydrogen (secondary N) is 2. The summed E-state index contributed by atoms with van der Waals surface area (Å²) in [5, 5.41) is 4.39. The Labute approximate surface area is 147 Å². The van der Waals surface area contributed by atoms with Gasteiger partial charge in [0.05, 0.1) is 16.3 Å². The lowest BCUT2D eigenvalue weighted by atomic mass is 10.1. The van der Waals surface area contributed by atoms with Crippen molar-refractivity contribution in [3.8, 4) is 0 Å². The molecule has 0 heterocycles. The maximum atomic E-state index is 12.7. The number of alkyl halides is 3. The fraction of sp³-hybridized carbons (Fsp3) is 0.176. The first-order valence-electron chi connectivity index (χ1n) is 7.27. The number of carbonyl (C=O) groups is 2. The predicted molar refractivity (Wildman–Crippen MR) is 88.2 cm³/mol. The summed E-state index contributed by atoms with van der Waals surface area (Å²) < 4.78 is 38.1. The Morgan fingerprint density at radius 1 is 1.00 bits per heavy atom. The molecule has 2 N–H and O–H groups in total. The van der Waals surface area contributed by atoms with E-state index in [1.807, 2.05) is 30.3 Å². The van der Waals surface area contributed by atoms with Crippen LogP contribution < -0.4 is 10.6 Å². The Balaban J connectivity index is 1.93. The Bertz CT molecular complexity index is 764. The predicted octanol–water partition coefficient (Wildman–Crippen LogP) is 3.66. The molecular weight excluding hydrogens is 357 g/mol. The lowest BCUT2D eigenvalue weighted by Crippen LogP contribution is -2.36. The van der Waals surface area contributed by atoms with Gasteiger partial charge in [-0.25, -0.2) is 0 Å². The molecule has 132 valence electrons. The number of halogens is 4. The van der Waals surface area contributed by atoms with Crippen molar-refractivity contribution in [2.24, 2.45) is 0 Å². The van der Waals surface area contributed by atoms with E-state index in [1.54, 1.807) is 0 Å². The zero-order chi connectivity index (χ0) is 18.4. The van der Waals surface area contributed by atoms with Crippen LogP contribution in [0.2, 0.25) is 5.02 Å². The fourth-order valence-electron chi connectivity index (χ4n) is 2.02. The van der Waals surface area contributed by atoms with Crippen LogP contribution >= 0.6 is 11.6 Å². The molecular formula is C17H14ClF3N2O2. The zero-order valence-corrected chi connectivity index (χ0v) is 13.6. The molecule has 0 bridgehead atoms. The molecule has 0 aromatic heterocycles. The van der Waals surface area contributed by atoms with E-state index in [0.717, 1.165) is 17.7 Å². The Kier molecular flexibility index (Phi) is 6.03. The minimum atomic E-state index is -4.58. The molecule has 0 fully saturated rings. The molecule has 4 nitrogen and oxygen atoms in total. The summed E-state index contributed by atoms with van der Waals surface area (Å²) in [5.74, 6) is -2.04. The third-order valence-corrected chi connectivity index (χ3v) is 3.62. The first-order chi connectivity index (χ1) is 11.8. The molecule has 0 atom stereocenters.